The number of rotatable bonds is 4. The Kier molecular flexibility index (Phi) is 5.87. The van der Waals surface area contributed by atoms with Crippen molar-refractivity contribution < 1.29 is 9.53 Å². The molecule has 2 aliphatic rings. The molecule has 0 radical (unpaired) electrons. The van der Waals surface area contributed by atoms with Gasteiger partial charge in [-0.05, 0) is 59.9 Å². The number of para-hydroxylation sites is 1. The molecule has 2 aromatic rings. The Hall–Kier alpha value is -3.04. The van der Waals surface area contributed by atoms with Gasteiger partial charge in [0.2, 0.25) is 0 Å². The zero-order valence-electron chi connectivity index (χ0n) is 19.0. The van der Waals surface area contributed by atoms with Crippen LogP contribution in [-0.2, 0) is 14.9 Å². The fourth-order valence-corrected chi connectivity index (χ4v) is 5.12. The van der Waals surface area contributed by atoms with E-state index in [1.165, 1.54) is 29.6 Å². The van der Waals surface area contributed by atoms with Crippen molar-refractivity contribution in [3.63, 3.8) is 0 Å². The van der Waals surface area contributed by atoms with E-state index in [4.69, 9.17) is 16.3 Å². The maximum atomic E-state index is 12.1. The molecule has 1 unspecified atom stereocenters. The van der Waals surface area contributed by atoms with Gasteiger partial charge in [-0.2, -0.15) is 0 Å². The van der Waals surface area contributed by atoms with Crippen LogP contribution in [0, 0.1) is 6.92 Å². The zero-order chi connectivity index (χ0) is 23.0. The summed E-state index contributed by atoms with van der Waals surface area (Å²) in [6, 6.07) is 13.0. The van der Waals surface area contributed by atoms with Crippen LogP contribution in [0.5, 0.6) is 0 Å². The third kappa shape index (κ3) is 3.61. The van der Waals surface area contributed by atoms with Crippen LogP contribution in [0.25, 0.3) is 6.08 Å². The summed E-state index contributed by atoms with van der Waals surface area (Å²) in [5, 5.41) is 0.781. The maximum absolute atomic E-state index is 12.1. The van der Waals surface area contributed by atoms with Crippen molar-refractivity contribution in [2.45, 2.75) is 38.6 Å². The number of esters is 1. The van der Waals surface area contributed by atoms with Crippen molar-refractivity contribution in [1.29, 1.82) is 0 Å². The Balaban J connectivity index is 1.94. The molecule has 0 spiro atoms. The number of allylic oxidation sites excluding steroid dienone is 2. The van der Waals surface area contributed by atoms with Crippen LogP contribution in [0.3, 0.4) is 0 Å². The Labute approximate surface area is 195 Å². The Morgan fingerprint density at radius 1 is 1.22 bits per heavy atom. The first-order chi connectivity index (χ1) is 15.3. The van der Waals surface area contributed by atoms with E-state index in [0.29, 0.717) is 5.57 Å². The van der Waals surface area contributed by atoms with E-state index >= 15 is 0 Å². The predicted molar refractivity (Wildman–Crippen MR) is 134 cm³/mol. The number of nitrogens with zero attached hydrogens (tertiary/aromatic N) is 1. The second kappa shape index (κ2) is 8.48. The van der Waals surface area contributed by atoms with Gasteiger partial charge in [0, 0.05) is 21.8 Å². The molecule has 0 bridgehead atoms. The number of carbonyl (C=O) groups is 1. The van der Waals surface area contributed by atoms with Crippen molar-refractivity contribution in [3.05, 3.63) is 100 Å². The average Bonchev–Trinajstić information content (AvgIpc) is 2.79. The molecule has 0 saturated heterocycles. The van der Waals surface area contributed by atoms with Gasteiger partial charge in [0.05, 0.1) is 18.7 Å². The van der Waals surface area contributed by atoms with E-state index in [-0.39, 0.29) is 17.4 Å². The highest BCUT2D eigenvalue weighted by molar-refractivity contribution is 6.31. The highest BCUT2D eigenvalue weighted by Crippen LogP contribution is 2.52. The molecule has 32 heavy (non-hydrogen) atoms. The molecule has 1 aliphatic carbocycles. The number of hydrogen-bond donors (Lipinski definition) is 0. The van der Waals surface area contributed by atoms with E-state index in [1.807, 2.05) is 12.2 Å². The molecule has 4 rings (SSSR count). The van der Waals surface area contributed by atoms with Crippen LogP contribution in [0.4, 0.5) is 11.4 Å². The van der Waals surface area contributed by atoms with Crippen molar-refractivity contribution in [2.75, 3.05) is 12.0 Å². The molecule has 0 fully saturated rings. The number of fused-ring (bicyclic) bond motifs is 2. The second-order valence-corrected chi connectivity index (χ2v) is 9.17. The molecular weight excluding hydrogens is 418 g/mol. The van der Waals surface area contributed by atoms with E-state index in [2.05, 4.69) is 80.8 Å². The minimum Gasteiger partial charge on any atom is -0.465 e. The third-order valence-corrected chi connectivity index (χ3v) is 6.80. The smallest absolute Gasteiger partial charge is 0.337 e. The van der Waals surface area contributed by atoms with Crippen LogP contribution >= 0.6 is 11.6 Å². The highest BCUT2D eigenvalue weighted by Gasteiger charge is 2.39. The zero-order valence-corrected chi connectivity index (χ0v) is 19.7. The first-order valence-corrected chi connectivity index (χ1v) is 11.2. The van der Waals surface area contributed by atoms with E-state index < -0.39 is 0 Å². The van der Waals surface area contributed by atoms with Gasteiger partial charge >= 0.3 is 5.97 Å². The topological polar surface area (TPSA) is 29.5 Å². The number of methoxy groups -OCH3 is 1. The standard InChI is InChI=1S/C28H28ClNO2/c1-6-19(27(31)32-5)17-20-11-16-25-26(18(20)2)28(3,4)23-9-7-8-10-24(23)30(25)22-14-12-21(29)13-15-22/h6-14,16-17,22H,1,15H2,2-5H3/b19-17+. The van der Waals surface area contributed by atoms with Crippen molar-refractivity contribution in [1.82, 2.24) is 0 Å². The summed E-state index contributed by atoms with van der Waals surface area (Å²) in [4.78, 5) is 14.5. The van der Waals surface area contributed by atoms with Crippen molar-refractivity contribution in [3.8, 4) is 0 Å². The Bertz CT molecular complexity index is 1190. The summed E-state index contributed by atoms with van der Waals surface area (Å²) in [6.07, 6.45) is 10.5. The van der Waals surface area contributed by atoms with Gasteiger partial charge in [-0.3, -0.25) is 0 Å². The minimum atomic E-state index is -0.389. The summed E-state index contributed by atoms with van der Waals surface area (Å²) in [7, 11) is 1.38. The molecule has 0 aromatic heterocycles. The molecule has 4 heteroatoms. The number of hydrogen-bond acceptors (Lipinski definition) is 3. The molecule has 3 nitrogen and oxygen atoms in total. The molecule has 164 valence electrons. The lowest BCUT2D eigenvalue weighted by Gasteiger charge is -2.46. The summed E-state index contributed by atoms with van der Waals surface area (Å²) in [5.74, 6) is -0.389. The summed E-state index contributed by atoms with van der Waals surface area (Å²) in [5.41, 5.74) is 7.30. The lowest BCUT2D eigenvalue weighted by molar-refractivity contribution is -0.135. The summed E-state index contributed by atoms with van der Waals surface area (Å²) in [6.45, 7) is 10.4. The average molecular weight is 446 g/mol. The minimum absolute atomic E-state index is 0.174. The van der Waals surface area contributed by atoms with Gasteiger partial charge in [-0.15, -0.1) is 0 Å². The molecule has 1 aliphatic heterocycles. The van der Waals surface area contributed by atoms with Gasteiger partial charge in [-0.25, -0.2) is 4.79 Å². The number of halogens is 1. The van der Waals surface area contributed by atoms with Gasteiger partial charge in [0.1, 0.15) is 0 Å². The number of carbonyl (C=O) groups excluding carboxylic acids is 1. The molecule has 0 amide bonds. The molecule has 0 saturated carbocycles. The van der Waals surface area contributed by atoms with Crippen LogP contribution in [0.1, 0.15) is 42.5 Å². The van der Waals surface area contributed by atoms with Crippen molar-refractivity contribution in [2.24, 2.45) is 0 Å². The highest BCUT2D eigenvalue weighted by atomic mass is 35.5. The quantitative estimate of drug-likeness (QED) is 0.289. The lowest BCUT2D eigenvalue weighted by atomic mass is 9.70. The fraction of sp³-hybridized carbons (Fsp3) is 0.250. The summed E-state index contributed by atoms with van der Waals surface area (Å²) >= 11 is 6.22. The molecule has 1 heterocycles. The number of benzene rings is 2. The van der Waals surface area contributed by atoms with Gasteiger partial charge < -0.3 is 9.64 Å². The van der Waals surface area contributed by atoms with Crippen LogP contribution < -0.4 is 4.90 Å². The van der Waals surface area contributed by atoms with E-state index in [9.17, 15) is 4.79 Å². The van der Waals surface area contributed by atoms with E-state index in [1.54, 1.807) is 6.08 Å². The fourth-order valence-electron chi connectivity index (χ4n) is 4.95. The number of ether oxygens (including phenoxy) is 1. The van der Waals surface area contributed by atoms with Crippen LogP contribution in [0.15, 0.2) is 77.9 Å². The summed E-state index contributed by atoms with van der Waals surface area (Å²) < 4.78 is 4.91. The molecule has 1 atom stereocenters. The van der Waals surface area contributed by atoms with Crippen molar-refractivity contribution >= 4 is 35.0 Å². The van der Waals surface area contributed by atoms with Gasteiger partial charge in [0.25, 0.3) is 0 Å². The SMILES string of the molecule is C=C/C(=C\c1ccc2c(c1C)C(C)(C)c1ccccc1N2C1C=CC(Cl)=CC1)C(=O)OC. The Morgan fingerprint density at radius 3 is 2.62 bits per heavy atom. The molecule has 2 aromatic carbocycles. The van der Waals surface area contributed by atoms with Gasteiger partial charge in [0.15, 0.2) is 0 Å². The van der Waals surface area contributed by atoms with Crippen LogP contribution in [-0.4, -0.2) is 19.1 Å². The molecular formula is C28H28ClNO2. The molecule has 0 N–H and O–H groups in total. The maximum Gasteiger partial charge on any atom is 0.337 e. The lowest BCUT2D eigenvalue weighted by Crippen LogP contribution is -2.39. The van der Waals surface area contributed by atoms with Crippen LogP contribution in [0.2, 0.25) is 0 Å². The third-order valence-electron chi connectivity index (χ3n) is 6.52. The normalized spacial score (nSPS) is 19.0. The monoisotopic (exact) mass is 445 g/mol. The first-order valence-electron chi connectivity index (χ1n) is 10.8. The second-order valence-electron chi connectivity index (χ2n) is 8.73. The Morgan fingerprint density at radius 2 is 1.97 bits per heavy atom. The predicted octanol–water partition coefficient (Wildman–Crippen LogP) is 6.97. The number of anilines is 2. The van der Waals surface area contributed by atoms with Gasteiger partial charge in [-0.1, -0.05) is 74.5 Å². The first kappa shape index (κ1) is 22.2. The largest absolute Gasteiger partial charge is 0.465 e. The van der Waals surface area contributed by atoms with E-state index in [0.717, 1.165) is 22.6 Å².